The summed E-state index contributed by atoms with van der Waals surface area (Å²) < 4.78 is 0. The van der Waals surface area contributed by atoms with Gasteiger partial charge in [-0.1, -0.05) is 6.42 Å². The Morgan fingerprint density at radius 1 is 1.61 bits per heavy atom. The topological polar surface area (TPSA) is 53.4 Å². The summed E-state index contributed by atoms with van der Waals surface area (Å²) in [5, 5.41) is 9.77. The molecule has 1 aliphatic rings. The monoisotopic (exact) mass is 268 g/mol. The normalized spacial score (nSPS) is 21.1. The Labute approximate surface area is 112 Å². The summed E-state index contributed by atoms with van der Waals surface area (Å²) in [5.74, 6) is -0.783. The first-order valence-electron chi connectivity index (χ1n) is 6.54. The van der Waals surface area contributed by atoms with E-state index in [4.69, 9.17) is 5.11 Å². The van der Waals surface area contributed by atoms with Gasteiger partial charge in [0.25, 0.3) is 0 Å². The zero-order valence-corrected chi connectivity index (χ0v) is 11.6. The number of aromatic nitrogens is 1. The molecule has 0 radical (unpaired) electrons. The van der Waals surface area contributed by atoms with Crippen LogP contribution in [0.3, 0.4) is 0 Å². The van der Waals surface area contributed by atoms with Crippen LogP contribution in [0, 0.1) is 0 Å². The van der Waals surface area contributed by atoms with Crippen LogP contribution in [0.5, 0.6) is 0 Å². The predicted molar refractivity (Wildman–Crippen MR) is 72.0 cm³/mol. The van der Waals surface area contributed by atoms with Crippen molar-refractivity contribution in [3.8, 4) is 0 Å². The van der Waals surface area contributed by atoms with Crippen LogP contribution in [-0.4, -0.2) is 40.1 Å². The molecule has 0 amide bonds. The van der Waals surface area contributed by atoms with Crippen LogP contribution in [0.15, 0.2) is 6.20 Å². The quantitative estimate of drug-likeness (QED) is 0.889. The van der Waals surface area contributed by atoms with Crippen LogP contribution in [0.2, 0.25) is 0 Å². The van der Waals surface area contributed by atoms with E-state index in [0.717, 1.165) is 22.9 Å². The molecule has 1 aromatic heterocycles. The summed E-state index contributed by atoms with van der Waals surface area (Å²) in [6.07, 6.45) is 6.67. The highest BCUT2D eigenvalue weighted by molar-refractivity contribution is 7.11. The summed E-state index contributed by atoms with van der Waals surface area (Å²) in [5.41, 5.74) is 0. The number of hydrogen-bond donors (Lipinski definition) is 1. The number of hydrogen-bond acceptors (Lipinski definition) is 4. The van der Waals surface area contributed by atoms with Crippen molar-refractivity contribution in [1.82, 2.24) is 9.88 Å². The van der Waals surface area contributed by atoms with Crippen molar-refractivity contribution in [3.63, 3.8) is 0 Å². The van der Waals surface area contributed by atoms with Gasteiger partial charge in [-0.05, 0) is 26.3 Å². The number of rotatable bonds is 5. The molecule has 5 heteroatoms. The SMILES string of the molecule is CC1CCCCN1CCc1ncc(CC(=O)O)s1. The maximum absolute atomic E-state index is 10.6. The van der Waals surface area contributed by atoms with E-state index in [0.29, 0.717) is 6.04 Å². The number of likely N-dealkylation sites (tertiary alicyclic amines) is 1. The summed E-state index contributed by atoms with van der Waals surface area (Å²) >= 11 is 1.53. The van der Waals surface area contributed by atoms with Crippen molar-refractivity contribution in [3.05, 3.63) is 16.1 Å². The lowest BCUT2D eigenvalue weighted by atomic mass is 10.0. The number of thiazole rings is 1. The molecule has 18 heavy (non-hydrogen) atoms. The van der Waals surface area contributed by atoms with E-state index < -0.39 is 5.97 Å². The minimum absolute atomic E-state index is 0.0950. The minimum Gasteiger partial charge on any atom is -0.481 e. The molecule has 0 spiro atoms. The van der Waals surface area contributed by atoms with Crippen molar-refractivity contribution in [1.29, 1.82) is 0 Å². The van der Waals surface area contributed by atoms with Gasteiger partial charge in [-0.2, -0.15) is 0 Å². The highest BCUT2D eigenvalue weighted by Gasteiger charge is 2.18. The summed E-state index contributed by atoms with van der Waals surface area (Å²) in [6, 6.07) is 0.678. The van der Waals surface area contributed by atoms with E-state index in [1.165, 1.54) is 37.1 Å². The second-order valence-electron chi connectivity index (χ2n) is 4.92. The van der Waals surface area contributed by atoms with Crippen molar-refractivity contribution < 1.29 is 9.90 Å². The minimum atomic E-state index is -0.783. The molecule has 100 valence electrons. The van der Waals surface area contributed by atoms with E-state index in [2.05, 4.69) is 16.8 Å². The van der Waals surface area contributed by atoms with Gasteiger partial charge in [0.05, 0.1) is 11.4 Å². The Morgan fingerprint density at radius 3 is 3.17 bits per heavy atom. The molecular weight excluding hydrogens is 248 g/mol. The second-order valence-corrected chi connectivity index (χ2v) is 6.12. The number of aliphatic carboxylic acids is 1. The fraction of sp³-hybridized carbons (Fsp3) is 0.692. The lowest BCUT2D eigenvalue weighted by Crippen LogP contribution is -2.38. The van der Waals surface area contributed by atoms with Gasteiger partial charge in [-0.15, -0.1) is 11.3 Å². The maximum atomic E-state index is 10.6. The molecule has 1 saturated heterocycles. The molecule has 1 fully saturated rings. The molecule has 2 rings (SSSR count). The van der Waals surface area contributed by atoms with Gasteiger partial charge in [0.15, 0.2) is 0 Å². The molecule has 0 aliphatic carbocycles. The first-order valence-corrected chi connectivity index (χ1v) is 7.36. The zero-order chi connectivity index (χ0) is 13.0. The van der Waals surface area contributed by atoms with E-state index >= 15 is 0 Å². The van der Waals surface area contributed by atoms with Gasteiger partial charge in [0, 0.05) is 30.1 Å². The molecule has 0 aromatic carbocycles. The Morgan fingerprint density at radius 2 is 2.44 bits per heavy atom. The van der Waals surface area contributed by atoms with Crippen LogP contribution in [0.25, 0.3) is 0 Å². The van der Waals surface area contributed by atoms with Crippen molar-refractivity contribution >= 4 is 17.3 Å². The standard InChI is InChI=1S/C13H20N2O2S/c1-10-4-2-3-6-15(10)7-5-12-14-9-11(18-12)8-13(16)17/h9-10H,2-8H2,1H3,(H,16,17). The van der Waals surface area contributed by atoms with Gasteiger partial charge in [-0.3, -0.25) is 4.79 Å². The molecular formula is C13H20N2O2S. The van der Waals surface area contributed by atoms with Crippen molar-refractivity contribution in [2.75, 3.05) is 13.1 Å². The first kappa shape index (κ1) is 13.5. The molecule has 1 atom stereocenters. The number of piperidine rings is 1. The Hall–Kier alpha value is -0.940. The van der Waals surface area contributed by atoms with Crippen LogP contribution in [0.1, 0.15) is 36.1 Å². The van der Waals surface area contributed by atoms with Gasteiger partial charge < -0.3 is 10.0 Å². The predicted octanol–water partition coefficient (Wildman–Crippen LogP) is 2.19. The maximum Gasteiger partial charge on any atom is 0.308 e. The third-order valence-corrected chi connectivity index (χ3v) is 4.54. The molecule has 1 aromatic rings. The Kier molecular flexibility index (Phi) is 4.72. The third-order valence-electron chi connectivity index (χ3n) is 3.48. The summed E-state index contributed by atoms with van der Waals surface area (Å²) in [6.45, 7) is 4.52. The van der Waals surface area contributed by atoms with E-state index in [9.17, 15) is 4.79 Å². The Balaban J connectivity index is 1.82. The van der Waals surface area contributed by atoms with E-state index in [1.54, 1.807) is 6.20 Å². The van der Waals surface area contributed by atoms with Gasteiger partial charge in [0.1, 0.15) is 0 Å². The molecule has 4 nitrogen and oxygen atoms in total. The lowest BCUT2D eigenvalue weighted by Gasteiger charge is -2.32. The van der Waals surface area contributed by atoms with Crippen molar-refractivity contribution in [2.24, 2.45) is 0 Å². The Bertz CT molecular complexity index is 405. The largest absolute Gasteiger partial charge is 0.481 e. The van der Waals surface area contributed by atoms with Crippen LogP contribution >= 0.6 is 11.3 Å². The highest BCUT2D eigenvalue weighted by atomic mass is 32.1. The van der Waals surface area contributed by atoms with Crippen LogP contribution < -0.4 is 0 Å². The molecule has 0 bridgehead atoms. The smallest absolute Gasteiger partial charge is 0.308 e. The number of carbonyl (C=O) groups is 1. The van der Waals surface area contributed by atoms with Gasteiger partial charge >= 0.3 is 5.97 Å². The number of carboxylic acids is 1. The number of nitrogens with zero attached hydrogens (tertiary/aromatic N) is 2. The summed E-state index contributed by atoms with van der Waals surface area (Å²) in [4.78, 5) is 18.3. The molecule has 2 heterocycles. The third kappa shape index (κ3) is 3.78. The fourth-order valence-corrected chi connectivity index (χ4v) is 3.33. The lowest BCUT2D eigenvalue weighted by molar-refractivity contribution is -0.136. The van der Waals surface area contributed by atoms with Crippen LogP contribution in [0.4, 0.5) is 0 Å². The average Bonchev–Trinajstić information content (AvgIpc) is 2.75. The van der Waals surface area contributed by atoms with Gasteiger partial charge in [0.2, 0.25) is 0 Å². The summed E-state index contributed by atoms with van der Waals surface area (Å²) in [7, 11) is 0. The fourth-order valence-electron chi connectivity index (χ4n) is 2.42. The number of carboxylic acid groups (broad SMARTS) is 1. The van der Waals surface area contributed by atoms with E-state index in [-0.39, 0.29) is 6.42 Å². The second kappa shape index (κ2) is 6.29. The van der Waals surface area contributed by atoms with E-state index in [1.807, 2.05) is 0 Å². The van der Waals surface area contributed by atoms with Crippen molar-refractivity contribution in [2.45, 2.75) is 45.1 Å². The molecule has 1 unspecified atom stereocenters. The van der Waals surface area contributed by atoms with Gasteiger partial charge in [-0.25, -0.2) is 4.98 Å². The van der Waals surface area contributed by atoms with Crippen LogP contribution in [-0.2, 0) is 17.6 Å². The highest BCUT2D eigenvalue weighted by Crippen LogP contribution is 2.19. The average molecular weight is 268 g/mol. The first-order chi connectivity index (χ1) is 8.65. The molecule has 1 N–H and O–H groups in total. The molecule has 0 saturated carbocycles. The zero-order valence-electron chi connectivity index (χ0n) is 10.8. The molecule has 1 aliphatic heterocycles.